The minimum Gasteiger partial charge on any atom is -0.457 e. The number of carbonyl (C=O) groups excluding carboxylic acids is 2. The number of halogens is 2. The topological polar surface area (TPSA) is 93.7 Å². The summed E-state index contributed by atoms with van der Waals surface area (Å²) in [6.45, 7) is 0. The van der Waals surface area contributed by atoms with Crippen molar-refractivity contribution in [1.29, 1.82) is 0 Å². The average molecular weight is 461 g/mol. The van der Waals surface area contributed by atoms with Crippen LogP contribution in [0, 0.1) is 10.1 Å². The van der Waals surface area contributed by atoms with Crippen molar-refractivity contribution in [3.8, 4) is 11.3 Å². The number of non-ortho nitro benzene ring substituents is 1. The molecule has 0 unspecified atom stereocenters. The zero-order chi connectivity index (χ0) is 21.4. The van der Waals surface area contributed by atoms with Crippen LogP contribution in [0.1, 0.15) is 5.76 Å². The largest absolute Gasteiger partial charge is 0.457 e. The Kier molecular flexibility index (Phi) is 5.38. The maximum absolute atomic E-state index is 12.7. The Labute approximate surface area is 184 Å². The summed E-state index contributed by atoms with van der Waals surface area (Å²) in [7, 11) is 0. The second-order valence-electron chi connectivity index (χ2n) is 6.12. The van der Waals surface area contributed by atoms with E-state index in [1.165, 1.54) is 36.4 Å². The summed E-state index contributed by atoms with van der Waals surface area (Å²) in [5.74, 6) is 0.210. The van der Waals surface area contributed by atoms with Crippen LogP contribution in [-0.4, -0.2) is 16.1 Å². The number of benzene rings is 2. The van der Waals surface area contributed by atoms with Gasteiger partial charge in [0, 0.05) is 23.8 Å². The number of rotatable bonds is 4. The predicted molar refractivity (Wildman–Crippen MR) is 116 cm³/mol. The fourth-order valence-corrected chi connectivity index (χ4v) is 3.92. The first kappa shape index (κ1) is 20.2. The molecule has 1 saturated heterocycles. The minimum atomic E-state index is -0.517. The van der Waals surface area contributed by atoms with Gasteiger partial charge in [0.05, 0.1) is 25.6 Å². The lowest BCUT2D eigenvalue weighted by Gasteiger charge is -2.12. The number of nitrogens with zero attached hydrogens (tertiary/aromatic N) is 2. The first-order valence-corrected chi connectivity index (χ1v) is 9.98. The predicted octanol–water partition coefficient (Wildman–Crippen LogP) is 6.40. The molecule has 30 heavy (non-hydrogen) atoms. The molecule has 10 heteroatoms. The average Bonchev–Trinajstić information content (AvgIpc) is 3.29. The Morgan fingerprint density at radius 3 is 2.57 bits per heavy atom. The summed E-state index contributed by atoms with van der Waals surface area (Å²) in [6.07, 6.45) is 1.45. The molecule has 1 fully saturated rings. The summed E-state index contributed by atoms with van der Waals surface area (Å²) in [6, 6.07) is 13.7. The maximum atomic E-state index is 12.7. The van der Waals surface area contributed by atoms with E-state index < -0.39 is 16.1 Å². The van der Waals surface area contributed by atoms with Crippen molar-refractivity contribution in [2.24, 2.45) is 0 Å². The van der Waals surface area contributed by atoms with Crippen LogP contribution in [0.3, 0.4) is 0 Å². The van der Waals surface area contributed by atoms with Gasteiger partial charge in [0.1, 0.15) is 11.5 Å². The van der Waals surface area contributed by atoms with Gasteiger partial charge in [-0.1, -0.05) is 35.3 Å². The lowest BCUT2D eigenvalue weighted by atomic mass is 10.1. The Morgan fingerprint density at radius 2 is 1.83 bits per heavy atom. The van der Waals surface area contributed by atoms with E-state index in [9.17, 15) is 19.7 Å². The molecule has 150 valence electrons. The van der Waals surface area contributed by atoms with Crippen LogP contribution >= 0.6 is 35.0 Å². The number of hydrogen-bond acceptors (Lipinski definition) is 6. The number of carbonyl (C=O) groups is 2. The molecule has 1 aliphatic heterocycles. The van der Waals surface area contributed by atoms with Gasteiger partial charge in [0.2, 0.25) is 0 Å². The number of nitro benzene ring substituents is 1. The van der Waals surface area contributed by atoms with Gasteiger partial charge in [0.25, 0.3) is 16.8 Å². The van der Waals surface area contributed by atoms with Crippen LogP contribution < -0.4 is 4.90 Å². The van der Waals surface area contributed by atoms with Crippen LogP contribution in [0.5, 0.6) is 0 Å². The molecule has 0 spiro atoms. The zero-order valence-corrected chi connectivity index (χ0v) is 17.2. The first-order valence-electron chi connectivity index (χ1n) is 8.41. The lowest BCUT2D eigenvalue weighted by Crippen LogP contribution is -2.27. The van der Waals surface area contributed by atoms with E-state index in [0.29, 0.717) is 27.8 Å². The third-order valence-electron chi connectivity index (χ3n) is 4.20. The van der Waals surface area contributed by atoms with Crippen LogP contribution in [0.4, 0.5) is 16.2 Å². The number of furan rings is 1. The molecule has 3 aromatic rings. The quantitative estimate of drug-likeness (QED) is 0.254. The van der Waals surface area contributed by atoms with Crippen molar-refractivity contribution in [2.45, 2.75) is 0 Å². The van der Waals surface area contributed by atoms with Gasteiger partial charge in [-0.05, 0) is 42.1 Å². The molecule has 2 aromatic carbocycles. The van der Waals surface area contributed by atoms with E-state index >= 15 is 0 Å². The molecular formula is C20H10Cl2N2O5S. The summed E-state index contributed by atoms with van der Waals surface area (Å²) in [4.78, 5) is 36.7. The van der Waals surface area contributed by atoms with E-state index in [-0.39, 0.29) is 15.6 Å². The van der Waals surface area contributed by atoms with Crippen LogP contribution in [0.2, 0.25) is 10.0 Å². The lowest BCUT2D eigenvalue weighted by molar-refractivity contribution is -0.384. The van der Waals surface area contributed by atoms with Crippen LogP contribution in [0.25, 0.3) is 17.4 Å². The molecule has 2 heterocycles. The van der Waals surface area contributed by atoms with Crippen molar-refractivity contribution < 1.29 is 18.9 Å². The molecule has 0 radical (unpaired) electrons. The molecule has 7 nitrogen and oxygen atoms in total. The van der Waals surface area contributed by atoms with E-state index in [0.717, 1.165) is 16.7 Å². The molecule has 0 bridgehead atoms. The minimum absolute atomic E-state index is 0.0619. The van der Waals surface area contributed by atoms with E-state index in [2.05, 4.69) is 0 Å². The monoisotopic (exact) mass is 460 g/mol. The van der Waals surface area contributed by atoms with Crippen LogP contribution in [0.15, 0.2) is 63.9 Å². The molecule has 2 amide bonds. The van der Waals surface area contributed by atoms with Crippen molar-refractivity contribution >= 4 is 63.6 Å². The second kappa shape index (κ2) is 7.98. The Bertz CT molecular complexity index is 1240. The summed E-state index contributed by atoms with van der Waals surface area (Å²) in [5.41, 5.74) is 0.771. The molecule has 4 rings (SSSR count). The van der Waals surface area contributed by atoms with Crippen molar-refractivity contribution in [3.05, 3.63) is 85.4 Å². The van der Waals surface area contributed by atoms with E-state index in [1.54, 1.807) is 24.3 Å². The molecule has 0 atom stereocenters. The smallest absolute Gasteiger partial charge is 0.298 e. The van der Waals surface area contributed by atoms with E-state index in [1.807, 2.05) is 0 Å². The second-order valence-corrected chi connectivity index (χ2v) is 7.93. The number of anilines is 1. The number of imide groups is 1. The van der Waals surface area contributed by atoms with Gasteiger partial charge < -0.3 is 4.42 Å². The highest BCUT2D eigenvalue weighted by Gasteiger charge is 2.36. The highest BCUT2D eigenvalue weighted by Crippen LogP contribution is 2.38. The molecular weight excluding hydrogens is 451 g/mol. The molecule has 1 aromatic heterocycles. The molecule has 0 saturated carbocycles. The van der Waals surface area contributed by atoms with Gasteiger partial charge in [-0.2, -0.15) is 0 Å². The van der Waals surface area contributed by atoms with Crippen molar-refractivity contribution in [2.75, 3.05) is 4.90 Å². The number of thioether (sulfide) groups is 1. The van der Waals surface area contributed by atoms with Crippen molar-refractivity contribution in [1.82, 2.24) is 0 Å². The number of amides is 2. The summed E-state index contributed by atoms with van der Waals surface area (Å²) >= 11 is 12.6. The normalized spacial score (nSPS) is 15.3. The SMILES string of the molecule is O=C1S/C(=C/c2ccc(-c3cccc([N+](=O)[O-])c3)o2)C(=O)N1c1ccc(Cl)c(Cl)c1. The number of hydrogen-bond donors (Lipinski definition) is 0. The van der Waals surface area contributed by atoms with Crippen molar-refractivity contribution in [3.63, 3.8) is 0 Å². The van der Waals surface area contributed by atoms with E-state index in [4.69, 9.17) is 27.6 Å². The first-order chi connectivity index (χ1) is 14.3. The fraction of sp³-hybridized carbons (Fsp3) is 0. The number of nitro groups is 1. The zero-order valence-electron chi connectivity index (χ0n) is 14.9. The standard InChI is InChI=1S/C20H10Cl2N2O5S/c21-15-6-4-12(9-16(15)22)23-19(25)18(30-20(23)26)10-14-5-7-17(29-14)11-2-1-3-13(8-11)24(27)28/h1-10H/b18-10+. The maximum Gasteiger partial charge on any atom is 0.298 e. The third kappa shape index (κ3) is 3.85. The van der Waals surface area contributed by atoms with Gasteiger partial charge in [-0.15, -0.1) is 0 Å². The fourth-order valence-electron chi connectivity index (χ4n) is 2.80. The Morgan fingerprint density at radius 1 is 1.03 bits per heavy atom. The Hall–Kier alpha value is -3.07. The summed E-state index contributed by atoms with van der Waals surface area (Å²) in [5, 5.41) is 11.0. The molecule has 1 aliphatic rings. The van der Waals surface area contributed by atoms with Gasteiger partial charge in [-0.25, -0.2) is 4.90 Å². The Balaban J connectivity index is 1.61. The summed E-state index contributed by atoms with van der Waals surface area (Å²) < 4.78 is 5.69. The van der Waals surface area contributed by atoms with Gasteiger partial charge in [-0.3, -0.25) is 19.7 Å². The highest BCUT2D eigenvalue weighted by molar-refractivity contribution is 8.19. The van der Waals surface area contributed by atoms with Crippen LogP contribution in [-0.2, 0) is 4.79 Å². The molecule has 0 aliphatic carbocycles. The van der Waals surface area contributed by atoms with Gasteiger partial charge in [0.15, 0.2) is 0 Å². The van der Waals surface area contributed by atoms with Gasteiger partial charge >= 0.3 is 0 Å². The molecule has 0 N–H and O–H groups in total. The highest BCUT2D eigenvalue weighted by atomic mass is 35.5. The third-order valence-corrected chi connectivity index (χ3v) is 5.81.